The average molecular weight is 326 g/mol. The summed E-state index contributed by atoms with van der Waals surface area (Å²) in [7, 11) is 0. The van der Waals surface area contributed by atoms with Crippen molar-refractivity contribution < 1.29 is 9.32 Å². The number of carbonyl (C=O) groups excluding carboxylic acids is 1. The van der Waals surface area contributed by atoms with Gasteiger partial charge in [0, 0.05) is 30.9 Å². The van der Waals surface area contributed by atoms with Crippen LogP contribution in [-0.4, -0.2) is 40.6 Å². The summed E-state index contributed by atoms with van der Waals surface area (Å²) in [6, 6.07) is 6.01. The lowest BCUT2D eigenvalue weighted by atomic mass is 9.96. The third kappa shape index (κ3) is 2.88. The van der Waals surface area contributed by atoms with Crippen molar-refractivity contribution in [2.75, 3.05) is 25.0 Å². The van der Waals surface area contributed by atoms with Gasteiger partial charge in [-0.25, -0.2) is 0 Å². The molecule has 4 rings (SSSR count). The van der Waals surface area contributed by atoms with Gasteiger partial charge in [0.05, 0.1) is 5.92 Å². The Morgan fingerprint density at radius 1 is 1.38 bits per heavy atom. The number of nitrogens with one attached hydrogen (secondary N) is 1. The Kier molecular flexibility index (Phi) is 3.96. The van der Waals surface area contributed by atoms with Crippen molar-refractivity contribution in [2.24, 2.45) is 0 Å². The highest BCUT2D eigenvalue weighted by Gasteiger charge is 2.29. The summed E-state index contributed by atoms with van der Waals surface area (Å²) in [5, 5.41) is 7.26. The van der Waals surface area contributed by atoms with E-state index in [0.717, 1.165) is 50.0 Å². The van der Waals surface area contributed by atoms with E-state index in [2.05, 4.69) is 15.5 Å². The number of nitrogens with zero attached hydrogens (tertiary/aromatic N) is 3. The van der Waals surface area contributed by atoms with E-state index in [1.54, 1.807) is 0 Å². The van der Waals surface area contributed by atoms with Crippen molar-refractivity contribution >= 4 is 11.6 Å². The number of benzene rings is 1. The van der Waals surface area contributed by atoms with E-state index in [-0.39, 0.29) is 11.8 Å². The summed E-state index contributed by atoms with van der Waals surface area (Å²) in [5.74, 6) is 1.54. The molecule has 1 aromatic carbocycles. The SMILES string of the molecule is Cc1noc(C2CCCN(C(=O)c3ccc4c(c3)CCCN4)C2)n1. The first-order valence-corrected chi connectivity index (χ1v) is 8.67. The third-order valence-electron chi connectivity index (χ3n) is 4.89. The average Bonchev–Trinajstić information content (AvgIpc) is 3.07. The van der Waals surface area contributed by atoms with E-state index in [1.807, 2.05) is 30.0 Å². The smallest absolute Gasteiger partial charge is 0.253 e. The maximum Gasteiger partial charge on any atom is 0.253 e. The van der Waals surface area contributed by atoms with Gasteiger partial charge < -0.3 is 14.7 Å². The highest BCUT2D eigenvalue weighted by molar-refractivity contribution is 5.95. The van der Waals surface area contributed by atoms with Crippen LogP contribution < -0.4 is 5.32 Å². The summed E-state index contributed by atoms with van der Waals surface area (Å²) < 4.78 is 5.30. The van der Waals surface area contributed by atoms with Crippen LogP contribution >= 0.6 is 0 Å². The highest BCUT2D eigenvalue weighted by atomic mass is 16.5. The van der Waals surface area contributed by atoms with Gasteiger partial charge in [0.15, 0.2) is 5.82 Å². The normalized spacial score (nSPS) is 20.4. The fourth-order valence-electron chi connectivity index (χ4n) is 3.63. The predicted octanol–water partition coefficient (Wildman–Crippen LogP) is 2.76. The van der Waals surface area contributed by atoms with Crippen LogP contribution in [0.5, 0.6) is 0 Å². The first kappa shape index (κ1) is 15.2. The van der Waals surface area contributed by atoms with Crippen LogP contribution in [0.2, 0.25) is 0 Å². The number of aryl methyl sites for hydroxylation is 2. The molecule has 1 amide bonds. The third-order valence-corrected chi connectivity index (χ3v) is 4.89. The van der Waals surface area contributed by atoms with E-state index in [1.165, 1.54) is 5.56 Å². The molecule has 2 aliphatic rings. The first-order valence-electron chi connectivity index (χ1n) is 8.67. The fraction of sp³-hybridized carbons (Fsp3) is 0.500. The molecule has 1 aromatic heterocycles. The monoisotopic (exact) mass is 326 g/mol. The van der Waals surface area contributed by atoms with Crippen molar-refractivity contribution in [1.29, 1.82) is 0 Å². The fourth-order valence-corrected chi connectivity index (χ4v) is 3.63. The van der Waals surface area contributed by atoms with Crippen molar-refractivity contribution in [3.8, 4) is 0 Å². The van der Waals surface area contributed by atoms with E-state index >= 15 is 0 Å². The lowest BCUT2D eigenvalue weighted by molar-refractivity contribution is 0.0695. The van der Waals surface area contributed by atoms with Gasteiger partial charge >= 0.3 is 0 Å². The number of amides is 1. The summed E-state index contributed by atoms with van der Waals surface area (Å²) in [4.78, 5) is 19.2. The summed E-state index contributed by atoms with van der Waals surface area (Å²) in [6.07, 6.45) is 4.10. The number of aromatic nitrogens is 2. The Bertz CT molecular complexity index is 755. The van der Waals surface area contributed by atoms with Crippen LogP contribution in [0.25, 0.3) is 0 Å². The number of rotatable bonds is 2. The zero-order chi connectivity index (χ0) is 16.5. The molecule has 1 unspecified atom stereocenters. The molecule has 0 aliphatic carbocycles. The molecular weight excluding hydrogens is 304 g/mol. The largest absolute Gasteiger partial charge is 0.385 e. The summed E-state index contributed by atoms with van der Waals surface area (Å²) in [6.45, 7) is 4.27. The molecule has 0 bridgehead atoms. The van der Waals surface area contributed by atoms with Gasteiger partial charge in [-0.1, -0.05) is 5.16 Å². The van der Waals surface area contributed by atoms with E-state index < -0.39 is 0 Å². The maximum atomic E-state index is 12.9. The van der Waals surface area contributed by atoms with Crippen LogP contribution in [0.1, 0.15) is 52.8 Å². The van der Waals surface area contributed by atoms with Crippen LogP contribution in [0, 0.1) is 6.92 Å². The molecule has 6 nitrogen and oxygen atoms in total. The Labute approximate surface area is 141 Å². The van der Waals surface area contributed by atoms with Crippen LogP contribution in [0.4, 0.5) is 5.69 Å². The summed E-state index contributed by atoms with van der Waals surface area (Å²) >= 11 is 0. The lowest BCUT2D eigenvalue weighted by Gasteiger charge is -2.31. The minimum Gasteiger partial charge on any atom is -0.385 e. The summed E-state index contributed by atoms with van der Waals surface area (Å²) in [5.41, 5.74) is 3.18. The first-order chi connectivity index (χ1) is 11.7. The number of hydrogen-bond donors (Lipinski definition) is 1. The lowest BCUT2D eigenvalue weighted by Crippen LogP contribution is -2.39. The van der Waals surface area contributed by atoms with Crippen LogP contribution in [0.15, 0.2) is 22.7 Å². The van der Waals surface area contributed by atoms with Gasteiger partial charge in [0.25, 0.3) is 5.91 Å². The van der Waals surface area contributed by atoms with Crippen molar-refractivity contribution in [2.45, 2.75) is 38.5 Å². The Balaban J connectivity index is 1.51. The molecule has 0 saturated carbocycles. The van der Waals surface area contributed by atoms with E-state index in [0.29, 0.717) is 18.3 Å². The molecule has 3 heterocycles. The predicted molar refractivity (Wildman–Crippen MR) is 90.2 cm³/mol. The van der Waals surface area contributed by atoms with Crippen LogP contribution in [0.3, 0.4) is 0 Å². The second kappa shape index (κ2) is 6.26. The molecule has 2 aliphatic heterocycles. The van der Waals surface area contributed by atoms with Gasteiger partial charge in [-0.2, -0.15) is 4.98 Å². The molecule has 1 fully saturated rings. The molecule has 126 valence electrons. The molecule has 0 spiro atoms. The van der Waals surface area contributed by atoms with Gasteiger partial charge in [-0.05, 0) is 56.4 Å². The number of carbonyl (C=O) groups is 1. The number of likely N-dealkylation sites (tertiary alicyclic amines) is 1. The standard InChI is InChI=1S/C18H22N4O2/c1-12-20-17(24-21-12)15-5-3-9-22(11-15)18(23)14-6-7-16-13(10-14)4-2-8-19-16/h6-7,10,15,19H,2-5,8-9,11H2,1H3. The molecule has 1 saturated heterocycles. The van der Waals surface area contributed by atoms with E-state index in [4.69, 9.17) is 4.52 Å². The molecule has 0 radical (unpaired) electrons. The topological polar surface area (TPSA) is 71.3 Å². The second-order valence-corrected chi connectivity index (χ2v) is 6.67. The molecule has 2 aromatic rings. The number of fused-ring (bicyclic) bond motifs is 1. The maximum absolute atomic E-state index is 12.9. The molecule has 1 atom stereocenters. The van der Waals surface area contributed by atoms with Crippen molar-refractivity contribution in [3.05, 3.63) is 41.0 Å². The Morgan fingerprint density at radius 2 is 2.29 bits per heavy atom. The minimum absolute atomic E-state index is 0.101. The van der Waals surface area contributed by atoms with Gasteiger partial charge in [0.1, 0.15) is 0 Å². The quantitative estimate of drug-likeness (QED) is 0.919. The molecule has 24 heavy (non-hydrogen) atoms. The second-order valence-electron chi connectivity index (χ2n) is 6.67. The van der Waals surface area contributed by atoms with E-state index in [9.17, 15) is 4.79 Å². The number of piperidine rings is 1. The Morgan fingerprint density at radius 3 is 3.12 bits per heavy atom. The highest BCUT2D eigenvalue weighted by Crippen LogP contribution is 2.28. The van der Waals surface area contributed by atoms with Crippen LogP contribution in [-0.2, 0) is 6.42 Å². The van der Waals surface area contributed by atoms with Crippen molar-refractivity contribution in [3.63, 3.8) is 0 Å². The zero-order valence-corrected chi connectivity index (χ0v) is 13.9. The minimum atomic E-state index is 0.101. The molecular formula is C18H22N4O2. The Hall–Kier alpha value is -2.37. The number of anilines is 1. The molecule has 1 N–H and O–H groups in total. The van der Waals surface area contributed by atoms with Crippen molar-refractivity contribution in [1.82, 2.24) is 15.0 Å². The number of hydrogen-bond acceptors (Lipinski definition) is 5. The molecule has 6 heteroatoms. The zero-order valence-electron chi connectivity index (χ0n) is 13.9. The van der Waals surface area contributed by atoms with Gasteiger partial charge in [-0.15, -0.1) is 0 Å². The van der Waals surface area contributed by atoms with Gasteiger partial charge in [0.2, 0.25) is 5.89 Å². The van der Waals surface area contributed by atoms with Gasteiger partial charge in [-0.3, -0.25) is 4.79 Å².